The molecule has 1 aliphatic rings. The lowest BCUT2D eigenvalue weighted by molar-refractivity contribution is 0.435. The van der Waals surface area contributed by atoms with Crippen LogP contribution < -0.4 is 10.6 Å². The summed E-state index contributed by atoms with van der Waals surface area (Å²) in [7, 11) is 0. The Hall–Kier alpha value is -0.540. The van der Waals surface area contributed by atoms with E-state index in [1.54, 1.807) is 0 Å². The Balaban J connectivity index is 2.07. The Morgan fingerprint density at radius 1 is 1.35 bits per heavy atom. The molecule has 1 aromatic carbocycles. The second-order valence-corrected chi connectivity index (χ2v) is 6.93. The minimum Gasteiger partial charge on any atom is -0.371 e. The number of hydrogen-bond acceptors (Lipinski definition) is 2. The maximum Gasteiger partial charge on any atom is 0.0510 e. The van der Waals surface area contributed by atoms with Crippen LogP contribution in [0, 0.1) is 5.92 Å². The maximum atomic E-state index is 5.95. The number of hydrogen-bond donors (Lipinski definition) is 1. The molecule has 1 aliphatic heterocycles. The molecule has 2 nitrogen and oxygen atoms in total. The summed E-state index contributed by atoms with van der Waals surface area (Å²) in [5.74, 6) is 0.923. The van der Waals surface area contributed by atoms with Crippen molar-refractivity contribution in [2.24, 2.45) is 11.7 Å². The molecule has 3 heteroatoms. The molecular weight excluding hydrogens is 312 g/mol. The predicted molar refractivity (Wildman–Crippen MR) is 91.2 cm³/mol. The highest BCUT2D eigenvalue weighted by atomic mass is 79.9. The molecule has 2 rings (SSSR count). The minimum absolute atomic E-state index is 0.0958. The van der Waals surface area contributed by atoms with Crippen LogP contribution in [0.4, 0.5) is 5.69 Å². The Kier molecular flexibility index (Phi) is 5.91. The van der Waals surface area contributed by atoms with Crippen LogP contribution in [-0.2, 0) is 0 Å². The SMILES string of the molecule is CCCC1CCCN(c2ccc(C(C)N)cc2Br)CC1. The molecule has 0 spiro atoms. The highest BCUT2D eigenvalue weighted by Gasteiger charge is 2.18. The third-order valence-electron chi connectivity index (χ3n) is 4.38. The van der Waals surface area contributed by atoms with E-state index in [4.69, 9.17) is 5.73 Å². The molecule has 2 atom stereocenters. The van der Waals surface area contributed by atoms with E-state index in [9.17, 15) is 0 Å². The molecule has 20 heavy (non-hydrogen) atoms. The van der Waals surface area contributed by atoms with Crippen LogP contribution in [0.3, 0.4) is 0 Å². The van der Waals surface area contributed by atoms with Gasteiger partial charge in [0.15, 0.2) is 0 Å². The van der Waals surface area contributed by atoms with E-state index in [2.05, 4.69) is 46.0 Å². The fourth-order valence-electron chi connectivity index (χ4n) is 3.17. The number of halogens is 1. The molecule has 0 amide bonds. The first-order chi connectivity index (χ1) is 9.61. The summed E-state index contributed by atoms with van der Waals surface area (Å²) >= 11 is 3.73. The molecule has 0 aromatic heterocycles. The molecule has 1 heterocycles. The number of nitrogens with two attached hydrogens (primary N) is 1. The van der Waals surface area contributed by atoms with Crippen LogP contribution in [0.5, 0.6) is 0 Å². The van der Waals surface area contributed by atoms with E-state index >= 15 is 0 Å². The first-order valence-electron chi connectivity index (χ1n) is 7.91. The largest absolute Gasteiger partial charge is 0.371 e. The van der Waals surface area contributed by atoms with Gasteiger partial charge in [-0.05, 0) is 65.7 Å². The Morgan fingerprint density at radius 3 is 2.80 bits per heavy atom. The summed E-state index contributed by atoms with van der Waals surface area (Å²) in [4.78, 5) is 2.53. The molecule has 0 bridgehead atoms. The number of rotatable bonds is 4. The Morgan fingerprint density at radius 2 is 2.15 bits per heavy atom. The molecular formula is C17H27BrN2. The van der Waals surface area contributed by atoms with Gasteiger partial charge in [-0.15, -0.1) is 0 Å². The average molecular weight is 339 g/mol. The van der Waals surface area contributed by atoms with Gasteiger partial charge >= 0.3 is 0 Å². The summed E-state index contributed by atoms with van der Waals surface area (Å²) in [5, 5.41) is 0. The quantitative estimate of drug-likeness (QED) is 0.847. The normalized spacial score (nSPS) is 21.6. The fraction of sp³-hybridized carbons (Fsp3) is 0.647. The van der Waals surface area contributed by atoms with Crippen molar-refractivity contribution in [3.8, 4) is 0 Å². The third-order valence-corrected chi connectivity index (χ3v) is 5.02. The van der Waals surface area contributed by atoms with Gasteiger partial charge in [0.25, 0.3) is 0 Å². The summed E-state index contributed by atoms with van der Waals surface area (Å²) < 4.78 is 1.18. The lowest BCUT2D eigenvalue weighted by Crippen LogP contribution is -2.24. The van der Waals surface area contributed by atoms with Gasteiger partial charge in [0.05, 0.1) is 5.69 Å². The van der Waals surface area contributed by atoms with Crippen molar-refractivity contribution >= 4 is 21.6 Å². The average Bonchev–Trinajstić information content (AvgIpc) is 2.65. The summed E-state index contributed by atoms with van der Waals surface area (Å²) in [6, 6.07) is 6.66. The zero-order chi connectivity index (χ0) is 14.5. The number of anilines is 1. The van der Waals surface area contributed by atoms with Crippen LogP contribution in [-0.4, -0.2) is 13.1 Å². The highest BCUT2D eigenvalue weighted by Crippen LogP contribution is 2.32. The van der Waals surface area contributed by atoms with Crippen molar-refractivity contribution in [1.82, 2.24) is 0 Å². The van der Waals surface area contributed by atoms with Crippen molar-refractivity contribution < 1.29 is 0 Å². The molecule has 112 valence electrons. The van der Waals surface area contributed by atoms with E-state index in [0.717, 1.165) is 5.92 Å². The van der Waals surface area contributed by atoms with Crippen molar-refractivity contribution in [2.75, 3.05) is 18.0 Å². The second kappa shape index (κ2) is 7.46. The summed E-state index contributed by atoms with van der Waals surface area (Å²) in [6.07, 6.45) is 6.73. The Bertz CT molecular complexity index is 431. The summed E-state index contributed by atoms with van der Waals surface area (Å²) in [5.41, 5.74) is 8.47. The Labute approximate surface area is 131 Å². The number of benzene rings is 1. The van der Waals surface area contributed by atoms with Crippen molar-refractivity contribution in [2.45, 2.75) is 52.0 Å². The van der Waals surface area contributed by atoms with E-state index in [1.165, 1.54) is 60.9 Å². The van der Waals surface area contributed by atoms with Crippen molar-refractivity contribution in [3.63, 3.8) is 0 Å². The van der Waals surface area contributed by atoms with Gasteiger partial charge in [-0.25, -0.2) is 0 Å². The van der Waals surface area contributed by atoms with Gasteiger partial charge in [0, 0.05) is 23.6 Å². The zero-order valence-electron chi connectivity index (χ0n) is 12.7. The number of nitrogens with zero attached hydrogens (tertiary/aromatic N) is 1. The van der Waals surface area contributed by atoms with Crippen molar-refractivity contribution in [1.29, 1.82) is 0 Å². The van der Waals surface area contributed by atoms with Crippen LogP contribution in [0.25, 0.3) is 0 Å². The molecule has 0 saturated carbocycles. The smallest absolute Gasteiger partial charge is 0.0510 e. The van der Waals surface area contributed by atoms with Crippen LogP contribution in [0.1, 0.15) is 57.6 Å². The van der Waals surface area contributed by atoms with Crippen LogP contribution >= 0.6 is 15.9 Å². The maximum absolute atomic E-state index is 5.95. The molecule has 1 aromatic rings. The van der Waals surface area contributed by atoms with E-state index < -0.39 is 0 Å². The van der Waals surface area contributed by atoms with E-state index in [1.807, 2.05) is 6.92 Å². The van der Waals surface area contributed by atoms with Crippen molar-refractivity contribution in [3.05, 3.63) is 28.2 Å². The third kappa shape index (κ3) is 3.98. The molecule has 0 radical (unpaired) electrons. The molecule has 2 unspecified atom stereocenters. The first-order valence-corrected chi connectivity index (χ1v) is 8.71. The fourth-order valence-corrected chi connectivity index (χ4v) is 3.81. The van der Waals surface area contributed by atoms with Gasteiger partial charge in [0.2, 0.25) is 0 Å². The van der Waals surface area contributed by atoms with Crippen LogP contribution in [0.15, 0.2) is 22.7 Å². The molecule has 1 saturated heterocycles. The lowest BCUT2D eigenvalue weighted by Gasteiger charge is -2.25. The van der Waals surface area contributed by atoms with Gasteiger partial charge in [-0.2, -0.15) is 0 Å². The zero-order valence-corrected chi connectivity index (χ0v) is 14.3. The van der Waals surface area contributed by atoms with E-state index in [-0.39, 0.29) is 6.04 Å². The first kappa shape index (κ1) is 15.8. The van der Waals surface area contributed by atoms with Crippen LogP contribution in [0.2, 0.25) is 0 Å². The van der Waals surface area contributed by atoms with Gasteiger partial charge in [-0.1, -0.05) is 25.8 Å². The monoisotopic (exact) mass is 338 g/mol. The summed E-state index contributed by atoms with van der Waals surface area (Å²) in [6.45, 7) is 6.69. The molecule has 0 aliphatic carbocycles. The molecule has 1 fully saturated rings. The lowest BCUT2D eigenvalue weighted by atomic mass is 9.96. The second-order valence-electron chi connectivity index (χ2n) is 6.07. The minimum atomic E-state index is 0.0958. The predicted octanol–water partition coefficient (Wildman–Crippen LogP) is 4.88. The van der Waals surface area contributed by atoms with Gasteiger partial charge in [-0.3, -0.25) is 0 Å². The highest BCUT2D eigenvalue weighted by molar-refractivity contribution is 9.10. The standard InChI is InChI=1S/C17H27BrN2/c1-3-5-14-6-4-10-20(11-9-14)17-8-7-15(13(2)19)12-16(17)18/h7-8,12-14H,3-6,9-11,19H2,1-2H3. The topological polar surface area (TPSA) is 29.3 Å². The van der Waals surface area contributed by atoms with Gasteiger partial charge < -0.3 is 10.6 Å². The van der Waals surface area contributed by atoms with E-state index in [0.29, 0.717) is 0 Å². The van der Waals surface area contributed by atoms with Gasteiger partial charge in [0.1, 0.15) is 0 Å². The molecule has 2 N–H and O–H groups in total.